The smallest absolute Gasteiger partial charge is 0.118 e. The van der Waals surface area contributed by atoms with Crippen molar-refractivity contribution in [2.24, 2.45) is 0 Å². The number of halogens is 1. The first kappa shape index (κ1) is 18.9. The van der Waals surface area contributed by atoms with Crippen molar-refractivity contribution in [3.63, 3.8) is 0 Å². The lowest BCUT2D eigenvalue weighted by Crippen LogP contribution is -1.95. The average molecular weight is 335 g/mol. The Morgan fingerprint density at radius 1 is 1.04 bits per heavy atom. The molecule has 0 saturated heterocycles. The minimum atomic E-state index is -0.232. The van der Waals surface area contributed by atoms with Crippen molar-refractivity contribution < 1.29 is 4.39 Å². The minimum absolute atomic E-state index is 0.232. The van der Waals surface area contributed by atoms with Crippen molar-refractivity contribution in [2.75, 3.05) is 0 Å². The van der Waals surface area contributed by atoms with Crippen LogP contribution in [0.25, 0.3) is 16.7 Å². The van der Waals surface area contributed by atoms with Gasteiger partial charge in [0.2, 0.25) is 0 Å². The Labute approximate surface area is 150 Å². The summed E-state index contributed by atoms with van der Waals surface area (Å²) in [7, 11) is 0. The van der Waals surface area contributed by atoms with Crippen LogP contribution in [-0.4, -0.2) is 4.98 Å². The summed E-state index contributed by atoms with van der Waals surface area (Å²) >= 11 is 0. The van der Waals surface area contributed by atoms with Gasteiger partial charge >= 0.3 is 0 Å². The molecule has 0 unspecified atom stereocenters. The molecule has 0 bridgehead atoms. The number of aromatic nitrogens is 1. The summed E-state index contributed by atoms with van der Waals surface area (Å²) in [6, 6.07) is 8.47. The minimum Gasteiger partial charge on any atom is -0.264 e. The first-order chi connectivity index (χ1) is 12.0. The number of nitrogens with zero attached hydrogens (tertiary/aromatic N) is 1. The van der Waals surface area contributed by atoms with Gasteiger partial charge in [0.05, 0.1) is 0 Å². The third kappa shape index (κ3) is 4.54. The van der Waals surface area contributed by atoms with E-state index in [1.807, 2.05) is 31.5 Å². The molecule has 0 aliphatic heterocycles. The molecule has 2 heteroatoms. The van der Waals surface area contributed by atoms with Crippen LogP contribution in [0.5, 0.6) is 0 Å². The molecule has 130 valence electrons. The molecule has 0 N–H and O–H groups in total. The SMILES string of the molecule is C\C=C(F)/C=C\C(=C/C)c1ccc(-c2cnccc2C(C)C)c(C)c1. The predicted molar refractivity (Wildman–Crippen MR) is 106 cm³/mol. The fraction of sp³-hybridized carbons (Fsp3) is 0.261. The van der Waals surface area contributed by atoms with Crippen LogP contribution >= 0.6 is 0 Å². The van der Waals surface area contributed by atoms with E-state index in [1.54, 1.807) is 6.92 Å². The van der Waals surface area contributed by atoms with Crippen LogP contribution < -0.4 is 0 Å². The van der Waals surface area contributed by atoms with E-state index in [9.17, 15) is 4.39 Å². The highest BCUT2D eigenvalue weighted by Crippen LogP contribution is 2.32. The molecule has 0 saturated carbocycles. The quantitative estimate of drug-likeness (QED) is 0.535. The van der Waals surface area contributed by atoms with Gasteiger partial charge in [0, 0.05) is 18.0 Å². The van der Waals surface area contributed by atoms with Crippen LogP contribution in [0, 0.1) is 6.92 Å². The summed E-state index contributed by atoms with van der Waals surface area (Å²) in [5.41, 5.74) is 6.94. The first-order valence-corrected chi connectivity index (χ1v) is 8.69. The molecule has 0 fully saturated rings. The Morgan fingerprint density at radius 3 is 2.40 bits per heavy atom. The molecule has 1 heterocycles. The van der Waals surface area contributed by atoms with E-state index < -0.39 is 0 Å². The third-order valence-electron chi connectivity index (χ3n) is 4.34. The molecule has 1 aromatic carbocycles. The van der Waals surface area contributed by atoms with Crippen LogP contribution in [-0.2, 0) is 0 Å². The van der Waals surface area contributed by atoms with Gasteiger partial charge in [0.1, 0.15) is 5.83 Å². The van der Waals surface area contributed by atoms with Crippen LogP contribution in [0.15, 0.2) is 66.8 Å². The number of hydrogen-bond donors (Lipinski definition) is 0. The zero-order chi connectivity index (χ0) is 18.4. The second-order valence-electron chi connectivity index (χ2n) is 6.40. The molecule has 25 heavy (non-hydrogen) atoms. The Bertz CT molecular complexity index is 826. The molecule has 2 aromatic rings. The van der Waals surface area contributed by atoms with Gasteiger partial charge in [-0.3, -0.25) is 4.98 Å². The topological polar surface area (TPSA) is 12.9 Å². The standard InChI is InChI=1S/C23H26FN/c1-6-18(8-10-20(24)7-2)19-9-11-22(17(5)14-19)23-15-25-13-12-21(23)16(3)4/h6-16H,1-5H3/b10-8-,18-6+,20-7+. The van der Waals surface area contributed by atoms with Crippen molar-refractivity contribution in [1.82, 2.24) is 4.98 Å². The highest BCUT2D eigenvalue weighted by molar-refractivity contribution is 5.78. The average Bonchev–Trinajstić information content (AvgIpc) is 2.62. The highest BCUT2D eigenvalue weighted by atomic mass is 19.1. The van der Waals surface area contributed by atoms with Crippen LogP contribution in [0.3, 0.4) is 0 Å². The molecule has 2 rings (SSSR count). The lowest BCUT2D eigenvalue weighted by atomic mass is 9.90. The maximum Gasteiger partial charge on any atom is 0.118 e. The van der Waals surface area contributed by atoms with Gasteiger partial charge in [-0.15, -0.1) is 0 Å². The van der Waals surface area contributed by atoms with Crippen molar-refractivity contribution in [3.8, 4) is 11.1 Å². The molecule has 0 aliphatic carbocycles. The van der Waals surface area contributed by atoms with E-state index in [4.69, 9.17) is 0 Å². The molecule has 0 spiro atoms. The Kier molecular flexibility index (Phi) is 6.46. The van der Waals surface area contributed by atoms with Gasteiger partial charge in [0.25, 0.3) is 0 Å². The highest BCUT2D eigenvalue weighted by Gasteiger charge is 2.11. The molecular weight excluding hydrogens is 309 g/mol. The number of rotatable bonds is 5. The van der Waals surface area contributed by atoms with Gasteiger partial charge in [-0.1, -0.05) is 50.3 Å². The third-order valence-corrected chi connectivity index (χ3v) is 4.34. The Balaban J connectivity index is 2.44. The molecule has 0 atom stereocenters. The lowest BCUT2D eigenvalue weighted by Gasteiger charge is -2.15. The van der Waals surface area contributed by atoms with Crippen LogP contribution in [0.2, 0.25) is 0 Å². The zero-order valence-corrected chi connectivity index (χ0v) is 15.7. The van der Waals surface area contributed by atoms with Gasteiger partial charge in [-0.25, -0.2) is 4.39 Å². The number of hydrogen-bond acceptors (Lipinski definition) is 1. The zero-order valence-electron chi connectivity index (χ0n) is 15.7. The van der Waals surface area contributed by atoms with E-state index in [-0.39, 0.29) is 5.83 Å². The Hall–Kier alpha value is -2.48. The van der Waals surface area contributed by atoms with Crippen molar-refractivity contribution in [3.05, 3.63) is 83.5 Å². The molecule has 0 aliphatic rings. The summed E-state index contributed by atoms with van der Waals surface area (Å²) in [6.07, 6.45) is 10.5. The number of allylic oxidation sites excluding steroid dienone is 6. The number of pyridine rings is 1. The Morgan fingerprint density at radius 2 is 1.80 bits per heavy atom. The second kappa shape index (κ2) is 8.57. The molecule has 1 aromatic heterocycles. The molecular formula is C23H26FN. The first-order valence-electron chi connectivity index (χ1n) is 8.69. The summed E-state index contributed by atoms with van der Waals surface area (Å²) in [6.45, 7) is 10.2. The summed E-state index contributed by atoms with van der Waals surface area (Å²) in [4.78, 5) is 4.31. The van der Waals surface area contributed by atoms with Crippen LogP contribution in [0.4, 0.5) is 4.39 Å². The fourth-order valence-corrected chi connectivity index (χ4v) is 2.90. The van der Waals surface area contributed by atoms with E-state index in [0.29, 0.717) is 5.92 Å². The van der Waals surface area contributed by atoms with E-state index >= 15 is 0 Å². The van der Waals surface area contributed by atoms with Gasteiger partial charge in [-0.05, 0) is 66.7 Å². The van der Waals surface area contributed by atoms with Gasteiger partial charge < -0.3 is 0 Å². The normalized spacial score (nSPS) is 13.1. The van der Waals surface area contributed by atoms with E-state index in [0.717, 1.165) is 11.1 Å². The number of aryl methyl sites for hydroxylation is 1. The summed E-state index contributed by atoms with van der Waals surface area (Å²) < 4.78 is 13.4. The fourth-order valence-electron chi connectivity index (χ4n) is 2.90. The van der Waals surface area contributed by atoms with Gasteiger partial charge in [-0.2, -0.15) is 0 Å². The van der Waals surface area contributed by atoms with Crippen molar-refractivity contribution in [1.29, 1.82) is 0 Å². The summed E-state index contributed by atoms with van der Waals surface area (Å²) in [5.74, 6) is 0.208. The largest absolute Gasteiger partial charge is 0.264 e. The maximum absolute atomic E-state index is 13.4. The van der Waals surface area contributed by atoms with Crippen molar-refractivity contribution >= 4 is 5.57 Å². The second-order valence-corrected chi connectivity index (χ2v) is 6.40. The van der Waals surface area contributed by atoms with E-state index in [1.165, 1.54) is 34.4 Å². The van der Waals surface area contributed by atoms with Crippen molar-refractivity contribution in [2.45, 2.75) is 40.5 Å². The van der Waals surface area contributed by atoms with Crippen LogP contribution in [0.1, 0.15) is 50.3 Å². The predicted octanol–water partition coefficient (Wildman–Crippen LogP) is 7.01. The van der Waals surface area contributed by atoms with Gasteiger partial charge in [0.15, 0.2) is 0 Å². The lowest BCUT2D eigenvalue weighted by molar-refractivity contribution is 0.665. The molecule has 0 radical (unpaired) electrons. The molecule has 0 amide bonds. The number of benzene rings is 1. The van der Waals surface area contributed by atoms with E-state index in [2.05, 4.69) is 50.0 Å². The molecule has 1 nitrogen and oxygen atoms in total. The summed E-state index contributed by atoms with van der Waals surface area (Å²) in [5, 5.41) is 0. The maximum atomic E-state index is 13.4. The monoisotopic (exact) mass is 335 g/mol.